The number of nitriles is 1. The fourth-order valence-electron chi connectivity index (χ4n) is 3.06. The summed E-state index contributed by atoms with van der Waals surface area (Å²) < 4.78 is 57.1. The third-order valence-corrected chi connectivity index (χ3v) is 7.42. The second kappa shape index (κ2) is 8.98. The van der Waals surface area contributed by atoms with Crippen molar-refractivity contribution in [3.8, 4) is 17.2 Å². The van der Waals surface area contributed by atoms with Gasteiger partial charge in [-0.25, -0.2) is 13.1 Å². The van der Waals surface area contributed by atoms with E-state index in [-0.39, 0.29) is 27.7 Å². The van der Waals surface area contributed by atoms with Crippen molar-refractivity contribution >= 4 is 50.5 Å². The zero-order valence-corrected chi connectivity index (χ0v) is 19.6. The lowest BCUT2D eigenvalue weighted by Crippen LogP contribution is -2.35. The Labute approximate surface area is 202 Å². The van der Waals surface area contributed by atoms with E-state index >= 15 is 0 Å². The predicted octanol–water partition coefficient (Wildman–Crippen LogP) is 4.72. The molecule has 0 saturated carbocycles. The maximum Gasteiger partial charge on any atom is 0.345 e. The number of carbonyl (C=O) groups excluding carboxylic acids is 1. The van der Waals surface area contributed by atoms with Crippen molar-refractivity contribution in [3.63, 3.8) is 0 Å². The van der Waals surface area contributed by atoms with Gasteiger partial charge in [0, 0.05) is 12.7 Å². The van der Waals surface area contributed by atoms with Crippen LogP contribution in [0.25, 0.3) is 11.1 Å². The van der Waals surface area contributed by atoms with E-state index in [0.29, 0.717) is 16.0 Å². The third kappa shape index (κ3) is 4.56. The number of amides is 1. The zero-order valence-electron chi connectivity index (χ0n) is 17.2. The minimum absolute atomic E-state index is 0.0192. The van der Waals surface area contributed by atoms with Crippen molar-refractivity contribution in [3.05, 3.63) is 86.7 Å². The Morgan fingerprint density at radius 1 is 1.15 bits per heavy atom. The number of anilines is 1. The number of allylic oxidation sites excluding steroid dienone is 1. The lowest BCUT2D eigenvalue weighted by Gasteiger charge is -2.23. The molecular weight excluding hydrogens is 506 g/mol. The first-order chi connectivity index (χ1) is 16.1. The maximum absolute atomic E-state index is 14.0. The molecule has 1 N–H and O–H groups in total. The quantitative estimate of drug-likeness (QED) is 0.539. The minimum atomic E-state index is -4.21. The van der Waals surface area contributed by atoms with E-state index in [1.807, 2.05) is 0 Å². The first-order valence-corrected chi connectivity index (χ1v) is 12.1. The molecule has 172 valence electrons. The molecule has 0 unspecified atom stereocenters. The molecule has 0 saturated heterocycles. The van der Waals surface area contributed by atoms with Crippen LogP contribution in [0.5, 0.6) is 0 Å². The van der Waals surface area contributed by atoms with Gasteiger partial charge in [0.05, 0.1) is 21.2 Å². The largest absolute Gasteiger partial charge is 0.345 e. The summed E-state index contributed by atoms with van der Waals surface area (Å²) in [5.74, 6) is -2.11. The summed E-state index contributed by atoms with van der Waals surface area (Å²) in [6, 6.07) is 11.0. The van der Waals surface area contributed by atoms with Crippen LogP contribution in [0.4, 0.5) is 14.5 Å². The zero-order chi connectivity index (χ0) is 24.6. The Morgan fingerprint density at radius 2 is 1.91 bits per heavy atom. The Hall–Kier alpha value is -3.59. The number of nitrogens with zero attached hydrogens (tertiary/aromatic N) is 3. The predicted molar refractivity (Wildman–Crippen MR) is 126 cm³/mol. The highest BCUT2D eigenvalue weighted by atomic mass is 35.5. The standard InChI is InChI=1S/C22H13ClF2N4O3S2/c1-29-20(22(30)27-15-4-5-17(24)16(23)8-15)9-19(28-34(29,31)32)21-7-14(11-33-21)12-2-3-13(10-26)18(25)6-12/h2-9,11H,1H3,(H,27,30). The summed E-state index contributed by atoms with van der Waals surface area (Å²) in [4.78, 5) is 13.2. The van der Waals surface area contributed by atoms with Gasteiger partial charge in [-0.05, 0) is 59.0 Å². The van der Waals surface area contributed by atoms with E-state index in [9.17, 15) is 22.0 Å². The van der Waals surface area contributed by atoms with Gasteiger partial charge < -0.3 is 5.32 Å². The molecule has 4 rings (SSSR count). The molecule has 12 heteroatoms. The summed E-state index contributed by atoms with van der Waals surface area (Å²) in [6.07, 6.45) is 1.30. The summed E-state index contributed by atoms with van der Waals surface area (Å²) in [6.45, 7) is 0. The first-order valence-electron chi connectivity index (χ1n) is 9.45. The molecule has 0 atom stereocenters. The molecule has 7 nitrogen and oxygen atoms in total. The highest BCUT2D eigenvalue weighted by molar-refractivity contribution is 7.88. The highest BCUT2D eigenvalue weighted by Gasteiger charge is 2.30. The average molecular weight is 519 g/mol. The molecule has 0 bridgehead atoms. The van der Waals surface area contributed by atoms with Crippen LogP contribution in [-0.2, 0) is 15.0 Å². The van der Waals surface area contributed by atoms with Crippen molar-refractivity contribution in [2.75, 3.05) is 12.4 Å². The van der Waals surface area contributed by atoms with Crippen molar-refractivity contribution < 1.29 is 22.0 Å². The second-order valence-corrected chi connectivity index (χ2v) is 9.98. The van der Waals surface area contributed by atoms with Crippen LogP contribution in [0, 0.1) is 23.0 Å². The molecule has 0 fully saturated rings. The van der Waals surface area contributed by atoms with E-state index in [4.69, 9.17) is 16.9 Å². The van der Waals surface area contributed by atoms with E-state index in [1.165, 1.54) is 37.4 Å². The van der Waals surface area contributed by atoms with E-state index in [0.717, 1.165) is 21.7 Å². The molecule has 1 aliphatic rings. The molecule has 2 aromatic carbocycles. The Balaban J connectivity index is 1.67. The fraction of sp³-hybridized carbons (Fsp3) is 0.0455. The lowest BCUT2D eigenvalue weighted by molar-refractivity contribution is -0.113. The Morgan fingerprint density at radius 3 is 2.59 bits per heavy atom. The van der Waals surface area contributed by atoms with Crippen LogP contribution < -0.4 is 5.32 Å². The first kappa shape index (κ1) is 23.6. The van der Waals surface area contributed by atoms with E-state index < -0.39 is 27.8 Å². The van der Waals surface area contributed by atoms with Gasteiger partial charge in [0.2, 0.25) is 0 Å². The monoisotopic (exact) mass is 518 g/mol. The van der Waals surface area contributed by atoms with Gasteiger partial charge in [-0.1, -0.05) is 17.7 Å². The fourth-order valence-corrected chi connectivity index (χ4v) is 5.08. The SMILES string of the molecule is CN1C(C(=O)Nc2ccc(F)c(Cl)c2)=CC(c2cc(-c3ccc(C#N)c(F)c3)cs2)=NS1(=O)=O. The number of halogens is 3. The topological polar surface area (TPSA) is 103 Å². The Kier molecular flexibility index (Phi) is 6.22. The minimum Gasteiger partial charge on any atom is -0.321 e. The van der Waals surface area contributed by atoms with Crippen molar-refractivity contribution in [1.82, 2.24) is 4.31 Å². The third-order valence-electron chi connectivity index (χ3n) is 4.86. The van der Waals surface area contributed by atoms with Gasteiger partial charge in [-0.2, -0.15) is 13.7 Å². The Bertz CT molecular complexity index is 1540. The molecule has 0 radical (unpaired) electrons. The van der Waals surface area contributed by atoms with Crippen molar-refractivity contribution in [2.45, 2.75) is 0 Å². The van der Waals surface area contributed by atoms with Crippen molar-refractivity contribution in [2.24, 2.45) is 4.40 Å². The number of thiophene rings is 1. The van der Waals surface area contributed by atoms with Gasteiger partial charge in [0.1, 0.15) is 23.4 Å². The molecule has 0 aliphatic carbocycles. The summed E-state index contributed by atoms with van der Waals surface area (Å²) >= 11 is 6.89. The van der Waals surface area contributed by atoms with Crippen LogP contribution in [0.3, 0.4) is 0 Å². The summed E-state index contributed by atoms with van der Waals surface area (Å²) in [7, 11) is -3.04. The number of rotatable bonds is 4. The number of carbonyl (C=O) groups is 1. The number of likely N-dealkylation sites (N-methyl/N-ethyl adjacent to an activating group) is 1. The number of hydrogen-bond donors (Lipinski definition) is 1. The lowest BCUT2D eigenvalue weighted by atomic mass is 10.1. The highest BCUT2D eigenvalue weighted by Crippen LogP contribution is 2.30. The van der Waals surface area contributed by atoms with Gasteiger partial charge in [-0.15, -0.1) is 15.7 Å². The normalized spacial score (nSPS) is 14.7. The van der Waals surface area contributed by atoms with E-state index in [2.05, 4.69) is 9.71 Å². The van der Waals surface area contributed by atoms with Crippen LogP contribution in [-0.4, -0.2) is 31.4 Å². The molecular formula is C22H13ClF2N4O3S2. The van der Waals surface area contributed by atoms with Gasteiger partial charge in [-0.3, -0.25) is 4.79 Å². The number of hydrogen-bond acceptors (Lipinski definition) is 5. The second-order valence-electron chi connectivity index (χ2n) is 7.04. The van der Waals surface area contributed by atoms with Crippen molar-refractivity contribution in [1.29, 1.82) is 5.26 Å². The van der Waals surface area contributed by atoms with Gasteiger partial charge in [0.25, 0.3) is 5.91 Å². The van der Waals surface area contributed by atoms with Gasteiger partial charge in [0.15, 0.2) is 0 Å². The molecule has 34 heavy (non-hydrogen) atoms. The molecule has 1 aromatic heterocycles. The van der Waals surface area contributed by atoms with E-state index in [1.54, 1.807) is 23.6 Å². The van der Waals surface area contributed by atoms with Gasteiger partial charge >= 0.3 is 10.2 Å². The molecule has 0 spiro atoms. The molecule has 1 aliphatic heterocycles. The maximum atomic E-state index is 14.0. The average Bonchev–Trinajstić information content (AvgIpc) is 3.28. The number of nitrogens with one attached hydrogen (secondary N) is 1. The summed E-state index contributed by atoms with van der Waals surface area (Å²) in [5, 5.41) is 12.8. The summed E-state index contributed by atoms with van der Waals surface area (Å²) in [5.41, 5.74) is 0.961. The molecule has 1 amide bonds. The van der Waals surface area contributed by atoms with Crippen LogP contribution in [0.15, 0.2) is 64.0 Å². The van der Waals surface area contributed by atoms with Crippen LogP contribution in [0.2, 0.25) is 5.02 Å². The number of benzene rings is 2. The molecule has 2 heterocycles. The van der Waals surface area contributed by atoms with Crippen LogP contribution >= 0.6 is 22.9 Å². The smallest absolute Gasteiger partial charge is 0.321 e. The molecule has 3 aromatic rings. The van der Waals surface area contributed by atoms with Crippen LogP contribution in [0.1, 0.15) is 10.4 Å².